The van der Waals surface area contributed by atoms with E-state index in [1.54, 1.807) is 24.3 Å². The van der Waals surface area contributed by atoms with Crippen molar-refractivity contribution >= 4 is 34.8 Å². The highest BCUT2D eigenvalue weighted by Crippen LogP contribution is 2.43. The van der Waals surface area contributed by atoms with Crippen molar-refractivity contribution in [3.05, 3.63) is 51.7 Å². The number of methoxy groups -OCH3 is 1. The zero-order chi connectivity index (χ0) is 18.5. The Kier molecular flexibility index (Phi) is 5.68. The van der Waals surface area contributed by atoms with Crippen LogP contribution in [0.2, 0.25) is 0 Å². The first-order valence-electron chi connectivity index (χ1n) is 8.38. The number of esters is 1. The lowest BCUT2D eigenvalue weighted by Gasteiger charge is -2.07. The molecule has 7 heteroatoms. The van der Waals surface area contributed by atoms with E-state index in [2.05, 4.69) is 15.4 Å². The molecule has 1 aromatic heterocycles. The second kappa shape index (κ2) is 8.14. The second-order valence-electron chi connectivity index (χ2n) is 6.16. The van der Waals surface area contributed by atoms with Gasteiger partial charge in [0, 0.05) is 5.69 Å². The van der Waals surface area contributed by atoms with Crippen molar-refractivity contribution in [3.63, 3.8) is 0 Å². The van der Waals surface area contributed by atoms with Crippen LogP contribution in [0.5, 0.6) is 0 Å². The third-order valence-electron chi connectivity index (χ3n) is 4.15. The standard InChI is InChI=1S/C19H20N2O4S/c1-25-17(23)11-20-16(22)10-12-2-6-14(7-3-12)21-19(24)18-15(8-9-26-18)13-4-5-13/h2-3,6-9,13H,4-5,10-11H2,1H3,(H,20,22)(H,21,24). The van der Waals surface area contributed by atoms with Gasteiger partial charge in [0.1, 0.15) is 6.54 Å². The molecule has 3 rings (SSSR count). The maximum atomic E-state index is 12.5. The third-order valence-corrected chi connectivity index (χ3v) is 5.08. The Balaban J connectivity index is 1.54. The van der Waals surface area contributed by atoms with Crippen LogP contribution < -0.4 is 10.6 Å². The highest BCUT2D eigenvalue weighted by atomic mass is 32.1. The van der Waals surface area contributed by atoms with Crippen LogP contribution in [-0.4, -0.2) is 31.4 Å². The van der Waals surface area contributed by atoms with Gasteiger partial charge in [-0.1, -0.05) is 12.1 Å². The van der Waals surface area contributed by atoms with Gasteiger partial charge in [0.25, 0.3) is 5.91 Å². The molecule has 136 valence electrons. The van der Waals surface area contributed by atoms with Gasteiger partial charge in [0.15, 0.2) is 0 Å². The monoisotopic (exact) mass is 372 g/mol. The van der Waals surface area contributed by atoms with E-state index in [-0.39, 0.29) is 24.8 Å². The molecular formula is C19H20N2O4S. The van der Waals surface area contributed by atoms with Crippen molar-refractivity contribution in [1.29, 1.82) is 0 Å². The SMILES string of the molecule is COC(=O)CNC(=O)Cc1ccc(NC(=O)c2sccc2C2CC2)cc1. The highest BCUT2D eigenvalue weighted by molar-refractivity contribution is 7.12. The highest BCUT2D eigenvalue weighted by Gasteiger charge is 2.28. The largest absolute Gasteiger partial charge is 0.468 e. The van der Waals surface area contributed by atoms with Crippen molar-refractivity contribution in [3.8, 4) is 0 Å². The quantitative estimate of drug-likeness (QED) is 0.732. The number of nitrogens with one attached hydrogen (secondary N) is 2. The molecule has 26 heavy (non-hydrogen) atoms. The molecule has 1 aliphatic carbocycles. The number of carbonyl (C=O) groups is 3. The summed E-state index contributed by atoms with van der Waals surface area (Å²) in [4.78, 5) is 36.0. The Labute approximate surface area is 155 Å². The molecule has 0 unspecified atom stereocenters. The molecule has 0 radical (unpaired) electrons. The zero-order valence-corrected chi connectivity index (χ0v) is 15.2. The lowest BCUT2D eigenvalue weighted by molar-refractivity contribution is -0.141. The number of ether oxygens (including phenoxy) is 1. The molecule has 0 bridgehead atoms. The first-order valence-corrected chi connectivity index (χ1v) is 9.26. The van der Waals surface area contributed by atoms with E-state index in [1.807, 2.05) is 11.4 Å². The van der Waals surface area contributed by atoms with Crippen molar-refractivity contribution in [2.75, 3.05) is 19.0 Å². The zero-order valence-electron chi connectivity index (χ0n) is 14.4. The Bertz CT molecular complexity index is 809. The van der Waals surface area contributed by atoms with E-state index in [9.17, 15) is 14.4 Å². The molecule has 0 spiro atoms. The van der Waals surface area contributed by atoms with E-state index in [0.717, 1.165) is 28.8 Å². The van der Waals surface area contributed by atoms with Crippen LogP contribution in [0.3, 0.4) is 0 Å². The fourth-order valence-corrected chi connectivity index (χ4v) is 3.48. The number of rotatable bonds is 7. The summed E-state index contributed by atoms with van der Waals surface area (Å²) < 4.78 is 4.47. The summed E-state index contributed by atoms with van der Waals surface area (Å²) >= 11 is 1.46. The minimum atomic E-state index is -0.490. The van der Waals surface area contributed by atoms with E-state index < -0.39 is 5.97 Å². The summed E-state index contributed by atoms with van der Waals surface area (Å²) in [7, 11) is 1.27. The molecule has 1 aromatic carbocycles. The number of carbonyl (C=O) groups excluding carboxylic acids is 3. The fourth-order valence-electron chi connectivity index (χ4n) is 2.60. The minimum absolute atomic E-state index is 0.0922. The Morgan fingerprint density at radius 2 is 1.88 bits per heavy atom. The van der Waals surface area contributed by atoms with Crippen LogP contribution in [0, 0.1) is 0 Å². The maximum absolute atomic E-state index is 12.5. The van der Waals surface area contributed by atoms with Gasteiger partial charge < -0.3 is 15.4 Å². The normalized spacial score (nSPS) is 13.1. The summed E-state index contributed by atoms with van der Waals surface area (Å²) in [6.07, 6.45) is 2.47. The van der Waals surface area contributed by atoms with Gasteiger partial charge >= 0.3 is 5.97 Å². The molecule has 2 aromatic rings. The molecule has 0 saturated heterocycles. The maximum Gasteiger partial charge on any atom is 0.325 e. The average molecular weight is 372 g/mol. The summed E-state index contributed by atoms with van der Waals surface area (Å²) in [5.74, 6) is -0.311. The first kappa shape index (κ1) is 18.1. The molecule has 1 heterocycles. The van der Waals surface area contributed by atoms with E-state index in [4.69, 9.17) is 0 Å². The first-order chi connectivity index (χ1) is 12.6. The van der Waals surface area contributed by atoms with E-state index in [0.29, 0.717) is 11.6 Å². The van der Waals surface area contributed by atoms with Gasteiger partial charge in [-0.2, -0.15) is 0 Å². The lowest BCUT2D eigenvalue weighted by Crippen LogP contribution is -2.31. The fraction of sp³-hybridized carbons (Fsp3) is 0.316. The third kappa shape index (κ3) is 4.70. The Hall–Kier alpha value is -2.67. The van der Waals surface area contributed by atoms with E-state index in [1.165, 1.54) is 18.4 Å². The van der Waals surface area contributed by atoms with Crippen molar-refractivity contribution < 1.29 is 19.1 Å². The van der Waals surface area contributed by atoms with Gasteiger partial charge in [0.05, 0.1) is 18.4 Å². The molecule has 2 amide bonds. The number of hydrogen-bond acceptors (Lipinski definition) is 5. The van der Waals surface area contributed by atoms with Gasteiger partial charge in [-0.15, -0.1) is 11.3 Å². The molecule has 1 aliphatic rings. The van der Waals surface area contributed by atoms with E-state index >= 15 is 0 Å². The lowest BCUT2D eigenvalue weighted by atomic mass is 10.1. The van der Waals surface area contributed by atoms with Crippen LogP contribution in [0.1, 0.15) is 39.6 Å². The van der Waals surface area contributed by atoms with Crippen LogP contribution in [0.4, 0.5) is 5.69 Å². The smallest absolute Gasteiger partial charge is 0.325 e. The summed E-state index contributed by atoms with van der Waals surface area (Å²) in [6.45, 7) is -0.145. The van der Waals surface area contributed by atoms with Gasteiger partial charge in [-0.05, 0) is 53.5 Å². The molecule has 1 fully saturated rings. The van der Waals surface area contributed by atoms with Crippen LogP contribution >= 0.6 is 11.3 Å². The number of anilines is 1. The molecule has 2 N–H and O–H groups in total. The molecule has 1 saturated carbocycles. The average Bonchev–Trinajstić information content (AvgIpc) is 3.37. The predicted molar refractivity (Wildman–Crippen MR) is 99.4 cm³/mol. The van der Waals surface area contributed by atoms with Gasteiger partial charge in [-0.3, -0.25) is 14.4 Å². The predicted octanol–water partition coefficient (Wildman–Crippen LogP) is 2.71. The molecule has 0 atom stereocenters. The minimum Gasteiger partial charge on any atom is -0.468 e. The number of benzene rings is 1. The Morgan fingerprint density at radius 3 is 2.54 bits per heavy atom. The van der Waals surface area contributed by atoms with Gasteiger partial charge in [-0.25, -0.2) is 0 Å². The second-order valence-corrected chi connectivity index (χ2v) is 7.08. The molecule has 0 aliphatic heterocycles. The van der Waals surface area contributed by atoms with Gasteiger partial charge in [0.2, 0.25) is 5.91 Å². The summed E-state index contributed by atoms with van der Waals surface area (Å²) in [5, 5.41) is 7.35. The van der Waals surface area contributed by atoms with Crippen LogP contribution in [0.15, 0.2) is 35.7 Å². The Morgan fingerprint density at radius 1 is 1.15 bits per heavy atom. The van der Waals surface area contributed by atoms with Crippen LogP contribution in [-0.2, 0) is 20.7 Å². The number of hydrogen-bond donors (Lipinski definition) is 2. The molecule has 6 nitrogen and oxygen atoms in total. The summed E-state index contributed by atoms with van der Waals surface area (Å²) in [5.41, 5.74) is 2.62. The summed E-state index contributed by atoms with van der Waals surface area (Å²) in [6, 6.07) is 9.14. The topological polar surface area (TPSA) is 84.5 Å². The van der Waals surface area contributed by atoms with Crippen molar-refractivity contribution in [1.82, 2.24) is 5.32 Å². The van der Waals surface area contributed by atoms with Crippen LogP contribution in [0.25, 0.3) is 0 Å². The molecular weight excluding hydrogens is 352 g/mol. The van der Waals surface area contributed by atoms with Crippen molar-refractivity contribution in [2.24, 2.45) is 0 Å². The van der Waals surface area contributed by atoms with Crippen molar-refractivity contribution in [2.45, 2.75) is 25.2 Å². The number of thiophene rings is 1. The number of amides is 2.